The molecule has 1 saturated heterocycles. The van der Waals surface area contributed by atoms with Gasteiger partial charge in [-0.2, -0.15) is 0 Å². The molecule has 0 spiro atoms. The maximum Gasteiger partial charge on any atom is 0.344 e. The Hall–Kier alpha value is -1.85. The molecule has 4 atom stereocenters. The van der Waals surface area contributed by atoms with E-state index in [-0.39, 0.29) is 29.5 Å². The van der Waals surface area contributed by atoms with Gasteiger partial charge in [0.1, 0.15) is 11.7 Å². The lowest BCUT2D eigenvalue weighted by Crippen LogP contribution is -2.33. The Labute approximate surface area is 123 Å². The van der Waals surface area contributed by atoms with E-state index in [1.807, 2.05) is 6.92 Å². The number of cyclic esters (lactones) is 1. The number of ether oxygens (including phenoxy) is 3. The van der Waals surface area contributed by atoms with E-state index in [0.29, 0.717) is 12.8 Å². The van der Waals surface area contributed by atoms with Gasteiger partial charge < -0.3 is 14.2 Å². The van der Waals surface area contributed by atoms with E-state index >= 15 is 0 Å². The molecule has 2 rings (SSSR count). The molecule has 1 heterocycles. The lowest BCUT2D eigenvalue weighted by molar-refractivity contribution is -0.169. The van der Waals surface area contributed by atoms with E-state index in [1.165, 1.54) is 6.92 Å². The van der Waals surface area contributed by atoms with Crippen LogP contribution in [0.5, 0.6) is 0 Å². The third kappa shape index (κ3) is 3.25. The highest BCUT2D eigenvalue weighted by atomic mass is 16.6. The maximum absolute atomic E-state index is 11.8. The first-order valence-corrected chi connectivity index (χ1v) is 6.97. The molecule has 0 aromatic heterocycles. The fourth-order valence-electron chi connectivity index (χ4n) is 3.09. The average Bonchev–Trinajstić information content (AvgIpc) is 2.84. The molecule has 0 aromatic rings. The Morgan fingerprint density at radius 3 is 2.67 bits per heavy atom. The minimum Gasteiger partial charge on any atom is -0.462 e. The Kier molecular flexibility index (Phi) is 4.07. The number of carbonyl (C=O) groups excluding carboxylic acids is 3. The Bertz CT molecular complexity index is 496. The Morgan fingerprint density at radius 2 is 2.10 bits per heavy atom. The molecule has 6 nitrogen and oxygen atoms in total. The molecule has 1 aliphatic heterocycles. The SMILES string of the molecule is C=C(C)C(=O)OCC(=O)OC1(C)CC2C(=O)OC(C)C2C1. The number of hydrogen-bond acceptors (Lipinski definition) is 6. The van der Waals surface area contributed by atoms with Crippen molar-refractivity contribution in [2.75, 3.05) is 6.61 Å². The van der Waals surface area contributed by atoms with Gasteiger partial charge in [-0.3, -0.25) is 4.79 Å². The van der Waals surface area contributed by atoms with Gasteiger partial charge in [-0.1, -0.05) is 6.58 Å². The molecule has 0 radical (unpaired) electrons. The molecule has 0 aromatic carbocycles. The van der Waals surface area contributed by atoms with Gasteiger partial charge in [0, 0.05) is 17.9 Å². The summed E-state index contributed by atoms with van der Waals surface area (Å²) in [5, 5.41) is 0. The van der Waals surface area contributed by atoms with Crippen LogP contribution < -0.4 is 0 Å². The normalized spacial score (nSPS) is 34.0. The molecule has 0 N–H and O–H groups in total. The fourth-order valence-corrected chi connectivity index (χ4v) is 3.09. The minimum atomic E-state index is -0.713. The third-order valence-electron chi connectivity index (χ3n) is 4.07. The number of fused-ring (bicyclic) bond motifs is 1. The number of carbonyl (C=O) groups is 3. The summed E-state index contributed by atoms with van der Waals surface area (Å²) in [7, 11) is 0. The average molecular weight is 296 g/mol. The van der Waals surface area contributed by atoms with E-state index in [9.17, 15) is 14.4 Å². The van der Waals surface area contributed by atoms with Crippen LogP contribution in [0.15, 0.2) is 12.2 Å². The number of rotatable bonds is 4. The second-order valence-electron chi connectivity index (χ2n) is 6.10. The molecule has 2 fully saturated rings. The first kappa shape index (κ1) is 15.5. The third-order valence-corrected chi connectivity index (χ3v) is 4.07. The monoisotopic (exact) mass is 296 g/mol. The highest BCUT2D eigenvalue weighted by Gasteiger charge is 2.55. The molecular weight excluding hydrogens is 276 g/mol. The van der Waals surface area contributed by atoms with E-state index in [0.717, 1.165) is 0 Å². The van der Waals surface area contributed by atoms with Crippen LogP contribution in [0, 0.1) is 11.8 Å². The second kappa shape index (κ2) is 5.50. The quantitative estimate of drug-likeness (QED) is 0.443. The molecule has 0 amide bonds. The van der Waals surface area contributed by atoms with Gasteiger partial charge >= 0.3 is 17.9 Å². The van der Waals surface area contributed by atoms with Crippen LogP contribution in [0.1, 0.15) is 33.6 Å². The topological polar surface area (TPSA) is 78.9 Å². The van der Waals surface area contributed by atoms with Crippen LogP contribution in [-0.4, -0.2) is 36.2 Å². The predicted octanol–water partition coefficient (Wildman–Crippen LogP) is 1.38. The van der Waals surface area contributed by atoms with Crippen LogP contribution in [0.25, 0.3) is 0 Å². The molecule has 2 aliphatic rings. The molecule has 1 aliphatic carbocycles. The number of hydrogen-bond donors (Lipinski definition) is 0. The first-order chi connectivity index (χ1) is 9.72. The van der Waals surface area contributed by atoms with Crippen molar-refractivity contribution >= 4 is 17.9 Å². The van der Waals surface area contributed by atoms with Gasteiger partial charge in [-0.25, -0.2) is 9.59 Å². The standard InChI is InChI=1S/C15H20O6/c1-8(2)13(17)19-7-12(16)21-15(4)5-10-9(3)20-14(18)11(10)6-15/h9-11H,1,5-7H2,2-4H3. The van der Waals surface area contributed by atoms with Crippen molar-refractivity contribution in [3.05, 3.63) is 12.2 Å². The molecule has 1 saturated carbocycles. The van der Waals surface area contributed by atoms with Gasteiger partial charge in [-0.05, 0) is 27.2 Å². The molecule has 6 heteroatoms. The summed E-state index contributed by atoms with van der Waals surface area (Å²) in [5.74, 6) is -1.60. The fraction of sp³-hybridized carbons (Fsp3) is 0.667. The summed E-state index contributed by atoms with van der Waals surface area (Å²) in [6, 6.07) is 0. The zero-order chi connectivity index (χ0) is 15.8. The largest absolute Gasteiger partial charge is 0.462 e. The van der Waals surface area contributed by atoms with Crippen molar-refractivity contribution in [2.24, 2.45) is 11.8 Å². The van der Waals surface area contributed by atoms with Crippen molar-refractivity contribution in [3.8, 4) is 0 Å². The molecule has 4 unspecified atom stereocenters. The predicted molar refractivity (Wildman–Crippen MR) is 72.0 cm³/mol. The van der Waals surface area contributed by atoms with Gasteiger partial charge in [0.05, 0.1) is 5.92 Å². The Morgan fingerprint density at radius 1 is 1.43 bits per heavy atom. The first-order valence-electron chi connectivity index (χ1n) is 6.97. The van der Waals surface area contributed by atoms with Crippen LogP contribution in [0.3, 0.4) is 0 Å². The zero-order valence-electron chi connectivity index (χ0n) is 12.5. The molecule has 116 valence electrons. The lowest BCUT2D eigenvalue weighted by atomic mass is 9.95. The van der Waals surface area contributed by atoms with Crippen molar-refractivity contribution in [1.82, 2.24) is 0 Å². The lowest BCUT2D eigenvalue weighted by Gasteiger charge is -2.26. The Balaban J connectivity index is 1.88. The highest BCUT2D eigenvalue weighted by Crippen LogP contribution is 2.48. The number of esters is 3. The zero-order valence-corrected chi connectivity index (χ0v) is 12.5. The summed E-state index contributed by atoms with van der Waals surface area (Å²) in [5.41, 5.74) is -0.489. The van der Waals surface area contributed by atoms with Crippen molar-refractivity contribution in [3.63, 3.8) is 0 Å². The minimum absolute atomic E-state index is 0.0771. The van der Waals surface area contributed by atoms with Crippen LogP contribution in [0.4, 0.5) is 0 Å². The molecular formula is C15H20O6. The van der Waals surface area contributed by atoms with Crippen molar-refractivity contribution in [1.29, 1.82) is 0 Å². The van der Waals surface area contributed by atoms with Crippen LogP contribution in [0.2, 0.25) is 0 Å². The van der Waals surface area contributed by atoms with Crippen LogP contribution >= 0.6 is 0 Å². The van der Waals surface area contributed by atoms with Crippen molar-refractivity contribution < 1.29 is 28.6 Å². The van der Waals surface area contributed by atoms with Crippen LogP contribution in [-0.2, 0) is 28.6 Å². The van der Waals surface area contributed by atoms with E-state index < -0.39 is 24.1 Å². The summed E-state index contributed by atoms with van der Waals surface area (Å²) in [6.07, 6.45) is 0.871. The van der Waals surface area contributed by atoms with E-state index in [4.69, 9.17) is 14.2 Å². The van der Waals surface area contributed by atoms with Crippen molar-refractivity contribution in [2.45, 2.75) is 45.3 Å². The summed E-state index contributed by atoms with van der Waals surface area (Å²) < 4.78 is 15.3. The van der Waals surface area contributed by atoms with Gasteiger partial charge in [0.15, 0.2) is 6.61 Å². The summed E-state index contributed by atoms with van der Waals surface area (Å²) in [4.78, 5) is 34.7. The summed E-state index contributed by atoms with van der Waals surface area (Å²) >= 11 is 0. The van der Waals surface area contributed by atoms with E-state index in [1.54, 1.807) is 6.92 Å². The second-order valence-corrected chi connectivity index (χ2v) is 6.10. The maximum atomic E-state index is 11.8. The summed E-state index contributed by atoms with van der Waals surface area (Å²) in [6.45, 7) is 8.13. The van der Waals surface area contributed by atoms with Gasteiger partial charge in [-0.15, -0.1) is 0 Å². The van der Waals surface area contributed by atoms with Gasteiger partial charge in [0.2, 0.25) is 0 Å². The highest BCUT2D eigenvalue weighted by molar-refractivity contribution is 5.88. The molecule has 21 heavy (non-hydrogen) atoms. The molecule has 0 bridgehead atoms. The van der Waals surface area contributed by atoms with Gasteiger partial charge in [0.25, 0.3) is 0 Å². The smallest absolute Gasteiger partial charge is 0.344 e. The van der Waals surface area contributed by atoms with E-state index in [2.05, 4.69) is 6.58 Å².